The molecule has 0 unspecified atom stereocenters. The fraction of sp³-hybridized carbons (Fsp3) is 0.190. The van der Waals surface area contributed by atoms with Crippen molar-refractivity contribution < 1.29 is 9.53 Å². The third-order valence-electron chi connectivity index (χ3n) is 3.89. The highest BCUT2D eigenvalue weighted by molar-refractivity contribution is 7.99. The molecule has 0 saturated carbocycles. The van der Waals surface area contributed by atoms with Gasteiger partial charge in [0.15, 0.2) is 5.16 Å². The summed E-state index contributed by atoms with van der Waals surface area (Å²) in [7, 11) is 1.61. The number of methoxy groups -OCH3 is 1. The summed E-state index contributed by atoms with van der Waals surface area (Å²) >= 11 is 1.32. The Morgan fingerprint density at radius 1 is 1.04 bits per heavy atom. The molecule has 0 aliphatic heterocycles. The predicted octanol–water partition coefficient (Wildman–Crippen LogP) is 4.50. The topological polar surface area (TPSA) is 64.1 Å². The van der Waals surface area contributed by atoms with Crippen molar-refractivity contribution in [1.82, 2.24) is 9.97 Å². The van der Waals surface area contributed by atoms with Gasteiger partial charge in [-0.25, -0.2) is 9.97 Å². The standard InChI is InChI=1S/C21H21N3O2S/c1-14-4-6-16(7-5-14)19-12-15(2)22-21(24-19)27-13-20(25)23-17-8-10-18(26-3)11-9-17/h4-12H,13H2,1-3H3,(H,23,25). The van der Waals surface area contributed by atoms with Gasteiger partial charge in [-0.05, 0) is 44.2 Å². The molecular formula is C21H21N3O2S. The van der Waals surface area contributed by atoms with E-state index >= 15 is 0 Å². The summed E-state index contributed by atoms with van der Waals surface area (Å²) < 4.78 is 5.11. The number of aryl methyl sites for hydroxylation is 2. The lowest BCUT2D eigenvalue weighted by Crippen LogP contribution is -2.14. The molecule has 1 heterocycles. The summed E-state index contributed by atoms with van der Waals surface area (Å²) in [4.78, 5) is 21.2. The number of ether oxygens (including phenoxy) is 1. The zero-order valence-electron chi connectivity index (χ0n) is 15.5. The quantitative estimate of drug-likeness (QED) is 0.505. The second kappa shape index (κ2) is 8.68. The number of amides is 1. The van der Waals surface area contributed by atoms with Gasteiger partial charge in [-0.2, -0.15) is 0 Å². The van der Waals surface area contributed by atoms with Crippen molar-refractivity contribution in [3.63, 3.8) is 0 Å². The van der Waals surface area contributed by atoms with Crippen LogP contribution in [0.25, 0.3) is 11.3 Å². The fourth-order valence-corrected chi connectivity index (χ4v) is 3.18. The van der Waals surface area contributed by atoms with Crippen molar-refractivity contribution in [3.05, 3.63) is 65.9 Å². The van der Waals surface area contributed by atoms with E-state index < -0.39 is 0 Å². The van der Waals surface area contributed by atoms with Crippen molar-refractivity contribution >= 4 is 23.4 Å². The lowest BCUT2D eigenvalue weighted by atomic mass is 10.1. The molecular weight excluding hydrogens is 358 g/mol. The van der Waals surface area contributed by atoms with E-state index in [2.05, 4.69) is 34.3 Å². The normalized spacial score (nSPS) is 10.5. The predicted molar refractivity (Wildman–Crippen MR) is 109 cm³/mol. The number of anilines is 1. The molecule has 5 nitrogen and oxygen atoms in total. The molecule has 0 aliphatic rings. The Labute approximate surface area is 163 Å². The minimum atomic E-state index is -0.104. The van der Waals surface area contributed by atoms with E-state index in [9.17, 15) is 4.79 Å². The lowest BCUT2D eigenvalue weighted by molar-refractivity contribution is -0.113. The van der Waals surface area contributed by atoms with Crippen molar-refractivity contribution in [2.75, 3.05) is 18.2 Å². The third kappa shape index (κ3) is 5.31. The van der Waals surface area contributed by atoms with Gasteiger partial charge in [-0.15, -0.1) is 0 Å². The Bertz CT molecular complexity index is 925. The van der Waals surface area contributed by atoms with Crippen LogP contribution in [0.2, 0.25) is 0 Å². The van der Waals surface area contributed by atoms with Crippen molar-refractivity contribution in [2.24, 2.45) is 0 Å². The molecule has 3 rings (SSSR count). The van der Waals surface area contributed by atoms with Crippen LogP contribution in [0.3, 0.4) is 0 Å². The van der Waals surface area contributed by atoms with Crippen LogP contribution in [-0.2, 0) is 4.79 Å². The molecule has 138 valence electrons. The molecule has 3 aromatic rings. The van der Waals surface area contributed by atoms with E-state index in [1.54, 1.807) is 31.4 Å². The van der Waals surface area contributed by atoms with Crippen LogP contribution in [0, 0.1) is 13.8 Å². The number of carbonyl (C=O) groups excluding carboxylic acids is 1. The molecule has 1 aromatic heterocycles. The van der Waals surface area contributed by atoms with Crippen LogP contribution in [0.5, 0.6) is 5.75 Å². The van der Waals surface area contributed by atoms with Gasteiger partial charge >= 0.3 is 0 Å². The Morgan fingerprint density at radius 3 is 2.41 bits per heavy atom. The van der Waals surface area contributed by atoms with Gasteiger partial charge in [0.05, 0.1) is 18.6 Å². The van der Waals surface area contributed by atoms with E-state index in [0.717, 1.165) is 28.4 Å². The fourth-order valence-electron chi connectivity index (χ4n) is 2.48. The highest BCUT2D eigenvalue weighted by atomic mass is 32.2. The van der Waals surface area contributed by atoms with Crippen LogP contribution in [-0.4, -0.2) is 28.7 Å². The minimum absolute atomic E-state index is 0.104. The summed E-state index contributed by atoms with van der Waals surface area (Å²) in [5.74, 6) is 0.884. The molecule has 27 heavy (non-hydrogen) atoms. The van der Waals surface area contributed by atoms with E-state index in [1.807, 2.05) is 25.1 Å². The van der Waals surface area contributed by atoms with Gasteiger partial charge in [-0.3, -0.25) is 4.79 Å². The van der Waals surface area contributed by atoms with E-state index in [0.29, 0.717) is 5.16 Å². The molecule has 0 atom stereocenters. The van der Waals surface area contributed by atoms with E-state index in [1.165, 1.54) is 17.3 Å². The van der Waals surface area contributed by atoms with E-state index in [-0.39, 0.29) is 11.7 Å². The number of nitrogens with one attached hydrogen (secondary N) is 1. The molecule has 2 aromatic carbocycles. The van der Waals surface area contributed by atoms with Gasteiger partial charge < -0.3 is 10.1 Å². The lowest BCUT2D eigenvalue weighted by Gasteiger charge is -2.08. The molecule has 6 heteroatoms. The van der Waals surface area contributed by atoms with Gasteiger partial charge in [0, 0.05) is 16.9 Å². The van der Waals surface area contributed by atoms with Gasteiger partial charge in [0.1, 0.15) is 5.75 Å². The molecule has 0 bridgehead atoms. The minimum Gasteiger partial charge on any atom is -0.497 e. The van der Waals surface area contributed by atoms with Crippen LogP contribution in [0.4, 0.5) is 5.69 Å². The number of hydrogen-bond acceptors (Lipinski definition) is 5. The molecule has 1 amide bonds. The Hall–Kier alpha value is -2.86. The Balaban J connectivity index is 1.64. The zero-order chi connectivity index (χ0) is 19.2. The summed E-state index contributed by atoms with van der Waals surface area (Å²) in [6.07, 6.45) is 0. The zero-order valence-corrected chi connectivity index (χ0v) is 16.3. The first kappa shape index (κ1) is 18.9. The smallest absolute Gasteiger partial charge is 0.234 e. The highest BCUT2D eigenvalue weighted by Gasteiger charge is 2.09. The number of thioether (sulfide) groups is 1. The van der Waals surface area contributed by atoms with Crippen molar-refractivity contribution in [2.45, 2.75) is 19.0 Å². The van der Waals surface area contributed by atoms with Crippen LogP contribution in [0.15, 0.2) is 59.8 Å². The van der Waals surface area contributed by atoms with Gasteiger partial charge in [0.25, 0.3) is 0 Å². The number of rotatable bonds is 6. The maximum atomic E-state index is 12.2. The highest BCUT2D eigenvalue weighted by Crippen LogP contribution is 2.22. The monoisotopic (exact) mass is 379 g/mol. The second-order valence-electron chi connectivity index (χ2n) is 6.11. The molecule has 0 fully saturated rings. The maximum absolute atomic E-state index is 12.2. The second-order valence-corrected chi connectivity index (χ2v) is 7.05. The average Bonchev–Trinajstić information content (AvgIpc) is 2.67. The summed E-state index contributed by atoms with van der Waals surface area (Å²) in [6, 6.07) is 17.4. The van der Waals surface area contributed by atoms with Crippen LogP contribution >= 0.6 is 11.8 Å². The number of benzene rings is 2. The molecule has 1 N–H and O–H groups in total. The number of aromatic nitrogens is 2. The van der Waals surface area contributed by atoms with Crippen molar-refractivity contribution in [3.8, 4) is 17.0 Å². The largest absolute Gasteiger partial charge is 0.497 e. The number of carbonyl (C=O) groups is 1. The third-order valence-corrected chi connectivity index (χ3v) is 4.73. The summed E-state index contributed by atoms with van der Waals surface area (Å²) in [5, 5.41) is 3.45. The number of nitrogens with zero attached hydrogens (tertiary/aromatic N) is 2. The number of hydrogen-bond donors (Lipinski definition) is 1. The molecule has 0 aliphatic carbocycles. The Kier molecular flexibility index (Phi) is 6.08. The van der Waals surface area contributed by atoms with Gasteiger partial charge in [-0.1, -0.05) is 41.6 Å². The first-order chi connectivity index (χ1) is 13.0. The molecule has 0 spiro atoms. The van der Waals surface area contributed by atoms with Gasteiger partial charge in [0.2, 0.25) is 5.91 Å². The molecule has 0 saturated heterocycles. The SMILES string of the molecule is COc1ccc(NC(=O)CSc2nc(C)cc(-c3ccc(C)cc3)n2)cc1. The summed E-state index contributed by atoms with van der Waals surface area (Å²) in [5.41, 5.74) is 4.70. The molecule has 0 radical (unpaired) electrons. The first-order valence-electron chi connectivity index (χ1n) is 8.53. The van der Waals surface area contributed by atoms with Crippen molar-refractivity contribution in [1.29, 1.82) is 0 Å². The maximum Gasteiger partial charge on any atom is 0.234 e. The average molecular weight is 379 g/mol. The van der Waals surface area contributed by atoms with Crippen LogP contribution in [0.1, 0.15) is 11.3 Å². The first-order valence-corrected chi connectivity index (χ1v) is 9.51. The van der Waals surface area contributed by atoms with E-state index in [4.69, 9.17) is 4.74 Å². The summed E-state index contributed by atoms with van der Waals surface area (Å²) in [6.45, 7) is 3.98. The van der Waals surface area contributed by atoms with Crippen LogP contribution < -0.4 is 10.1 Å². The Morgan fingerprint density at radius 2 is 1.74 bits per heavy atom.